The van der Waals surface area contributed by atoms with Gasteiger partial charge in [-0.25, -0.2) is 0 Å². The molecule has 0 unspecified atom stereocenters. The fraction of sp³-hybridized carbons (Fsp3) is 0.318. The van der Waals surface area contributed by atoms with Crippen molar-refractivity contribution in [2.45, 2.75) is 25.8 Å². The molecular weight excluding hydrogens is 324 g/mol. The molecule has 1 aliphatic heterocycles. The first-order valence-corrected chi connectivity index (χ1v) is 9.14. The molecule has 4 rings (SSSR count). The number of fused-ring (bicyclic) bond motifs is 1. The van der Waals surface area contributed by atoms with Gasteiger partial charge in [0.15, 0.2) is 0 Å². The summed E-state index contributed by atoms with van der Waals surface area (Å²) >= 11 is 0. The van der Waals surface area contributed by atoms with Gasteiger partial charge >= 0.3 is 0 Å². The quantitative estimate of drug-likeness (QED) is 0.836. The molecule has 0 bridgehead atoms. The van der Waals surface area contributed by atoms with E-state index in [-0.39, 0.29) is 11.8 Å². The molecule has 1 saturated carbocycles. The van der Waals surface area contributed by atoms with E-state index in [9.17, 15) is 10.2 Å². The number of hydrazone groups is 1. The summed E-state index contributed by atoms with van der Waals surface area (Å²) in [6, 6.07) is 15.0. The Labute approximate surface area is 154 Å². The van der Waals surface area contributed by atoms with Crippen LogP contribution in [0.1, 0.15) is 36.9 Å². The Morgan fingerprint density at radius 3 is 2.23 bits per heavy atom. The van der Waals surface area contributed by atoms with E-state index in [4.69, 9.17) is 5.10 Å². The average Bonchev–Trinajstić information content (AvgIpc) is 2.96. The van der Waals surface area contributed by atoms with Crippen LogP contribution in [-0.4, -0.2) is 28.0 Å². The molecule has 2 aliphatic rings. The van der Waals surface area contributed by atoms with Gasteiger partial charge in [0.1, 0.15) is 11.5 Å². The van der Waals surface area contributed by atoms with Crippen molar-refractivity contribution in [1.29, 1.82) is 0 Å². The minimum atomic E-state index is 0.210. The van der Waals surface area contributed by atoms with E-state index in [0.717, 1.165) is 18.4 Å². The van der Waals surface area contributed by atoms with E-state index < -0.39 is 0 Å². The Morgan fingerprint density at radius 2 is 1.58 bits per heavy atom. The summed E-state index contributed by atoms with van der Waals surface area (Å²) < 4.78 is 0. The van der Waals surface area contributed by atoms with Gasteiger partial charge in [0.25, 0.3) is 0 Å². The van der Waals surface area contributed by atoms with Crippen LogP contribution in [0.3, 0.4) is 0 Å². The highest BCUT2D eigenvalue weighted by Gasteiger charge is 2.41. The molecule has 0 radical (unpaired) electrons. The SMILES string of the molecule is C[C@@H]1CC[C@H]2C(=NN(C)[C@@H]2c2ccc(O)cc2)/C1=C/c1ccc(O)cc1. The van der Waals surface area contributed by atoms with Crippen LogP contribution in [0.15, 0.2) is 59.2 Å². The maximum absolute atomic E-state index is 9.59. The Kier molecular flexibility index (Phi) is 4.19. The van der Waals surface area contributed by atoms with Crippen LogP contribution in [0.5, 0.6) is 11.5 Å². The standard InChI is InChI=1S/C22H24N2O2/c1-14-3-12-19-21(20(14)13-15-4-8-17(25)9-5-15)23-24(2)22(19)16-6-10-18(26)11-7-16/h4-11,13-14,19,22,25-26H,3,12H2,1-2H3/b20-13+/t14-,19+,22-/m1/s1. The van der Waals surface area contributed by atoms with Crippen LogP contribution >= 0.6 is 0 Å². The third kappa shape index (κ3) is 2.96. The van der Waals surface area contributed by atoms with Crippen molar-refractivity contribution in [3.63, 3.8) is 0 Å². The minimum Gasteiger partial charge on any atom is -0.508 e. The van der Waals surface area contributed by atoms with E-state index in [2.05, 4.69) is 18.0 Å². The Bertz CT molecular complexity index is 853. The molecule has 1 heterocycles. The summed E-state index contributed by atoms with van der Waals surface area (Å²) in [4.78, 5) is 0. The summed E-state index contributed by atoms with van der Waals surface area (Å²) in [5, 5.41) is 26.1. The molecular formula is C22H24N2O2. The van der Waals surface area contributed by atoms with Crippen molar-refractivity contribution in [3.8, 4) is 11.5 Å². The summed E-state index contributed by atoms with van der Waals surface area (Å²) in [6.45, 7) is 2.26. The van der Waals surface area contributed by atoms with Crippen LogP contribution in [0.2, 0.25) is 0 Å². The van der Waals surface area contributed by atoms with Gasteiger partial charge in [-0.05, 0) is 65.8 Å². The number of hydrogen-bond donors (Lipinski definition) is 2. The van der Waals surface area contributed by atoms with Gasteiger partial charge in [0, 0.05) is 13.0 Å². The molecule has 4 nitrogen and oxygen atoms in total. The normalized spacial score (nSPS) is 26.7. The van der Waals surface area contributed by atoms with E-state index >= 15 is 0 Å². The number of hydrogen-bond acceptors (Lipinski definition) is 4. The fourth-order valence-electron chi connectivity index (χ4n) is 4.21. The molecule has 0 spiro atoms. The van der Waals surface area contributed by atoms with Crippen LogP contribution in [0.4, 0.5) is 0 Å². The lowest BCUT2D eigenvalue weighted by Crippen LogP contribution is -2.29. The van der Waals surface area contributed by atoms with Gasteiger partial charge in [-0.1, -0.05) is 31.2 Å². The zero-order valence-electron chi connectivity index (χ0n) is 15.1. The summed E-state index contributed by atoms with van der Waals surface area (Å²) in [6.07, 6.45) is 4.46. The number of phenols is 2. The summed E-state index contributed by atoms with van der Waals surface area (Å²) in [5.41, 5.74) is 4.74. The number of benzene rings is 2. The minimum absolute atomic E-state index is 0.210. The molecule has 3 atom stereocenters. The molecule has 2 aromatic carbocycles. The molecule has 134 valence electrons. The first-order valence-electron chi connectivity index (χ1n) is 9.14. The van der Waals surface area contributed by atoms with Crippen molar-refractivity contribution in [2.24, 2.45) is 16.9 Å². The first-order chi connectivity index (χ1) is 12.5. The number of rotatable bonds is 2. The van der Waals surface area contributed by atoms with Gasteiger partial charge in [-0.2, -0.15) is 5.10 Å². The van der Waals surface area contributed by atoms with Crippen LogP contribution in [0.25, 0.3) is 6.08 Å². The molecule has 26 heavy (non-hydrogen) atoms. The zero-order valence-corrected chi connectivity index (χ0v) is 15.1. The van der Waals surface area contributed by atoms with Gasteiger partial charge in [-0.15, -0.1) is 0 Å². The third-order valence-electron chi connectivity index (χ3n) is 5.59. The predicted molar refractivity (Wildman–Crippen MR) is 104 cm³/mol. The van der Waals surface area contributed by atoms with E-state index in [0.29, 0.717) is 17.6 Å². The Balaban J connectivity index is 1.69. The van der Waals surface area contributed by atoms with E-state index in [1.54, 1.807) is 24.3 Å². The van der Waals surface area contributed by atoms with Crippen LogP contribution in [0, 0.1) is 11.8 Å². The van der Waals surface area contributed by atoms with E-state index in [1.807, 2.05) is 31.3 Å². The van der Waals surface area contributed by atoms with Crippen molar-refractivity contribution < 1.29 is 10.2 Å². The molecule has 0 saturated heterocycles. The molecule has 1 aliphatic carbocycles. The second-order valence-electron chi connectivity index (χ2n) is 7.37. The van der Waals surface area contributed by atoms with Gasteiger partial charge < -0.3 is 10.2 Å². The highest BCUT2D eigenvalue weighted by atomic mass is 16.3. The monoisotopic (exact) mass is 348 g/mol. The van der Waals surface area contributed by atoms with Gasteiger partial charge in [0.05, 0.1) is 11.8 Å². The zero-order chi connectivity index (χ0) is 18.3. The smallest absolute Gasteiger partial charge is 0.115 e. The van der Waals surface area contributed by atoms with Crippen LogP contribution in [-0.2, 0) is 0 Å². The second kappa shape index (κ2) is 6.52. The number of aromatic hydroxyl groups is 2. The fourth-order valence-corrected chi connectivity index (χ4v) is 4.21. The van der Waals surface area contributed by atoms with Crippen molar-refractivity contribution in [2.75, 3.05) is 7.05 Å². The highest BCUT2D eigenvalue weighted by Crippen LogP contribution is 2.45. The first kappa shape index (κ1) is 16.7. The lowest BCUT2D eigenvalue weighted by Gasteiger charge is -2.31. The lowest BCUT2D eigenvalue weighted by molar-refractivity contribution is 0.238. The van der Waals surface area contributed by atoms with Gasteiger partial charge in [0.2, 0.25) is 0 Å². The lowest BCUT2D eigenvalue weighted by atomic mass is 9.73. The average molecular weight is 348 g/mol. The van der Waals surface area contributed by atoms with Crippen molar-refractivity contribution >= 4 is 11.8 Å². The van der Waals surface area contributed by atoms with Gasteiger partial charge in [-0.3, -0.25) is 5.01 Å². The predicted octanol–water partition coefficient (Wildman–Crippen LogP) is 4.57. The van der Waals surface area contributed by atoms with Crippen molar-refractivity contribution in [3.05, 3.63) is 65.2 Å². The summed E-state index contributed by atoms with van der Waals surface area (Å²) in [5.74, 6) is 1.41. The second-order valence-corrected chi connectivity index (χ2v) is 7.37. The van der Waals surface area contributed by atoms with E-state index in [1.165, 1.54) is 16.8 Å². The maximum atomic E-state index is 9.59. The number of allylic oxidation sites excluding steroid dienone is 1. The Hall–Kier alpha value is -2.75. The molecule has 0 aromatic heterocycles. The maximum Gasteiger partial charge on any atom is 0.115 e. The molecule has 1 fully saturated rings. The summed E-state index contributed by atoms with van der Waals surface area (Å²) in [7, 11) is 2.03. The topological polar surface area (TPSA) is 56.1 Å². The number of nitrogens with zero attached hydrogens (tertiary/aromatic N) is 2. The van der Waals surface area contributed by atoms with Crippen molar-refractivity contribution in [1.82, 2.24) is 5.01 Å². The molecule has 2 aromatic rings. The largest absolute Gasteiger partial charge is 0.508 e. The number of phenolic OH excluding ortho intramolecular Hbond substituents is 2. The third-order valence-corrected chi connectivity index (χ3v) is 5.59. The highest BCUT2D eigenvalue weighted by molar-refractivity contribution is 6.07. The molecule has 0 amide bonds. The molecule has 2 N–H and O–H groups in total. The van der Waals surface area contributed by atoms with Crippen LogP contribution < -0.4 is 0 Å². The Morgan fingerprint density at radius 1 is 0.962 bits per heavy atom. The molecule has 4 heteroatoms.